The van der Waals surface area contributed by atoms with Crippen molar-refractivity contribution >= 4 is 30.7 Å². The zero-order valence-corrected chi connectivity index (χ0v) is 12.1. The molecular weight excluding hydrogens is 268 g/mol. The normalized spacial score (nSPS) is 12.5. The van der Waals surface area contributed by atoms with Gasteiger partial charge in [0, 0.05) is 5.54 Å². The highest BCUT2D eigenvalue weighted by molar-refractivity contribution is 6.94. The summed E-state index contributed by atoms with van der Waals surface area (Å²) in [4.78, 5) is 0. The van der Waals surface area contributed by atoms with Gasteiger partial charge in [0.05, 0.1) is 0 Å². The van der Waals surface area contributed by atoms with Crippen LogP contribution < -0.4 is 0 Å². The van der Waals surface area contributed by atoms with Crippen molar-refractivity contribution in [3.05, 3.63) is 83.9 Å². The van der Waals surface area contributed by atoms with Gasteiger partial charge in [0.1, 0.15) is 0 Å². The molecule has 0 saturated carbocycles. The lowest BCUT2D eigenvalue weighted by Gasteiger charge is -2.16. The van der Waals surface area contributed by atoms with Gasteiger partial charge in [-0.25, -0.2) is 0 Å². The highest BCUT2D eigenvalue weighted by Gasteiger charge is 2.16. The minimum atomic E-state index is 0.272. The number of hydrogen-bond acceptors (Lipinski definition) is 0. The average molecular weight is 281 g/mol. The summed E-state index contributed by atoms with van der Waals surface area (Å²) in [6.45, 7) is 0. The molecule has 0 heterocycles. The van der Waals surface area contributed by atoms with E-state index in [9.17, 15) is 0 Å². The van der Waals surface area contributed by atoms with E-state index in [1.54, 1.807) is 0 Å². The van der Waals surface area contributed by atoms with Crippen molar-refractivity contribution in [2.75, 3.05) is 0 Å². The summed E-state index contributed by atoms with van der Waals surface area (Å²) in [5.41, 5.74) is 2.87. The van der Waals surface area contributed by atoms with E-state index in [1.807, 2.05) is 6.07 Å². The molecule has 0 bridgehead atoms. The monoisotopic (exact) mass is 280 g/mol. The van der Waals surface area contributed by atoms with Gasteiger partial charge in [0.2, 0.25) is 0 Å². The van der Waals surface area contributed by atoms with Crippen LogP contribution in [0.5, 0.6) is 0 Å². The van der Waals surface area contributed by atoms with Crippen LogP contribution >= 0.6 is 11.1 Å². The van der Waals surface area contributed by atoms with Crippen LogP contribution in [-0.2, 0) is 0 Å². The summed E-state index contributed by atoms with van der Waals surface area (Å²) in [6.07, 6.45) is 0. The van der Waals surface area contributed by atoms with Crippen LogP contribution in [0.3, 0.4) is 0 Å². The van der Waals surface area contributed by atoms with E-state index >= 15 is 0 Å². The quantitative estimate of drug-likeness (QED) is 0.478. The molecule has 3 rings (SSSR count). The molecule has 0 amide bonds. The molecular formula is C17H13ClSi. The minimum Gasteiger partial charge on any atom is -0.170 e. The van der Waals surface area contributed by atoms with Crippen LogP contribution in [0.2, 0.25) is 0 Å². The molecule has 0 aliphatic rings. The van der Waals surface area contributed by atoms with Gasteiger partial charge < -0.3 is 0 Å². The van der Waals surface area contributed by atoms with E-state index in [1.165, 1.54) is 21.9 Å². The van der Waals surface area contributed by atoms with Crippen molar-refractivity contribution in [1.82, 2.24) is 0 Å². The molecule has 3 aromatic rings. The van der Waals surface area contributed by atoms with Gasteiger partial charge in [0.25, 0.3) is 0 Å². The fourth-order valence-electron chi connectivity index (χ4n) is 2.45. The Morgan fingerprint density at radius 1 is 0.737 bits per heavy atom. The van der Waals surface area contributed by atoms with Crippen molar-refractivity contribution in [3.8, 4) is 0 Å². The highest BCUT2D eigenvalue weighted by atomic mass is 35.6. The summed E-state index contributed by atoms with van der Waals surface area (Å²) < 4.78 is 0. The van der Waals surface area contributed by atoms with Gasteiger partial charge in [-0.2, -0.15) is 11.1 Å². The first-order valence-electron chi connectivity index (χ1n) is 6.29. The summed E-state index contributed by atoms with van der Waals surface area (Å²) >= 11 is 6.26. The Kier molecular flexibility index (Phi) is 3.67. The molecule has 19 heavy (non-hydrogen) atoms. The summed E-state index contributed by atoms with van der Waals surface area (Å²) in [5, 5.41) is 2.57. The predicted octanol–water partition coefficient (Wildman–Crippen LogP) is 4.79. The molecule has 92 valence electrons. The lowest BCUT2D eigenvalue weighted by atomic mass is 9.98. The largest absolute Gasteiger partial charge is 0.184 e. The van der Waals surface area contributed by atoms with Gasteiger partial charge in [0.15, 0.2) is 8.83 Å². The molecule has 2 heteroatoms. The Hall–Kier alpha value is -1.57. The van der Waals surface area contributed by atoms with Crippen LogP contribution in [0.25, 0.3) is 10.8 Å². The third kappa shape index (κ3) is 2.44. The number of hydrogen-bond donors (Lipinski definition) is 0. The Labute approximate surface area is 120 Å². The molecule has 0 nitrogen and oxygen atoms in total. The molecule has 1 atom stereocenters. The molecule has 3 aromatic carbocycles. The fourth-order valence-corrected chi connectivity index (χ4v) is 3.87. The molecule has 0 aromatic heterocycles. The van der Waals surface area contributed by atoms with E-state index in [4.69, 9.17) is 11.1 Å². The number of halogens is 1. The van der Waals surface area contributed by atoms with Gasteiger partial charge >= 0.3 is 0 Å². The number of benzene rings is 3. The maximum atomic E-state index is 6.26. The fraction of sp³-hybridized carbons (Fsp3) is 0.0588. The zero-order chi connectivity index (χ0) is 13.1. The predicted molar refractivity (Wildman–Crippen MR) is 83.8 cm³/mol. The molecule has 0 spiro atoms. The van der Waals surface area contributed by atoms with Crippen LogP contribution in [0.1, 0.15) is 16.7 Å². The standard InChI is InChI=1S/C17H13ClSi/c18-19-17(14-8-2-1-3-9-14)16-12-6-10-13-7-4-5-11-15(13)16/h1-12,17H. The average Bonchev–Trinajstić information content (AvgIpc) is 2.49. The molecule has 1 unspecified atom stereocenters. The first-order valence-corrected chi connectivity index (χ1v) is 8.38. The van der Waals surface area contributed by atoms with E-state index in [0.717, 1.165) is 0 Å². The Bertz CT molecular complexity index is 674. The van der Waals surface area contributed by atoms with E-state index in [-0.39, 0.29) is 5.54 Å². The summed E-state index contributed by atoms with van der Waals surface area (Å²) in [5.74, 6) is 0. The van der Waals surface area contributed by atoms with Crippen molar-refractivity contribution in [1.29, 1.82) is 0 Å². The Balaban J connectivity index is 2.17. The first-order chi connectivity index (χ1) is 9.40. The highest BCUT2D eigenvalue weighted by Crippen LogP contribution is 2.30. The van der Waals surface area contributed by atoms with Crippen LogP contribution in [-0.4, -0.2) is 8.83 Å². The van der Waals surface area contributed by atoms with Crippen molar-refractivity contribution < 1.29 is 0 Å². The lowest BCUT2D eigenvalue weighted by Crippen LogP contribution is -2.06. The Morgan fingerprint density at radius 2 is 1.42 bits per heavy atom. The second-order valence-electron chi connectivity index (χ2n) is 4.52. The first kappa shape index (κ1) is 12.5. The third-order valence-electron chi connectivity index (χ3n) is 3.38. The second kappa shape index (κ2) is 5.60. The topological polar surface area (TPSA) is 0 Å². The van der Waals surface area contributed by atoms with Gasteiger partial charge in [-0.1, -0.05) is 72.8 Å². The van der Waals surface area contributed by atoms with Crippen LogP contribution in [0.15, 0.2) is 72.8 Å². The molecule has 0 fully saturated rings. The van der Waals surface area contributed by atoms with E-state index in [0.29, 0.717) is 8.83 Å². The molecule has 0 aliphatic carbocycles. The van der Waals surface area contributed by atoms with Crippen LogP contribution in [0.4, 0.5) is 0 Å². The zero-order valence-electron chi connectivity index (χ0n) is 10.4. The van der Waals surface area contributed by atoms with Crippen molar-refractivity contribution in [2.24, 2.45) is 0 Å². The van der Waals surface area contributed by atoms with E-state index < -0.39 is 0 Å². The van der Waals surface area contributed by atoms with Gasteiger partial charge in [-0.3, -0.25) is 0 Å². The SMILES string of the molecule is Cl[Si]C(c1ccccc1)c1cccc2ccccc12. The van der Waals surface area contributed by atoms with Crippen molar-refractivity contribution in [3.63, 3.8) is 0 Å². The molecule has 0 N–H and O–H groups in total. The third-order valence-corrected chi connectivity index (χ3v) is 4.89. The Morgan fingerprint density at radius 3 is 2.21 bits per heavy atom. The maximum Gasteiger partial charge on any atom is 0.184 e. The number of fused-ring (bicyclic) bond motifs is 1. The molecule has 2 radical (unpaired) electrons. The van der Waals surface area contributed by atoms with Gasteiger partial charge in [-0.05, 0) is 21.9 Å². The summed E-state index contributed by atoms with van der Waals surface area (Å²) in [7, 11) is 0.339. The maximum absolute atomic E-state index is 6.26. The van der Waals surface area contributed by atoms with Crippen LogP contribution in [0, 0.1) is 0 Å². The number of rotatable bonds is 3. The van der Waals surface area contributed by atoms with Crippen molar-refractivity contribution in [2.45, 2.75) is 5.54 Å². The second-order valence-corrected chi connectivity index (χ2v) is 5.97. The minimum absolute atomic E-state index is 0.272. The van der Waals surface area contributed by atoms with E-state index in [2.05, 4.69) is 66.7 Å². The smallest absolute Gasteiger partial charge is 0.170 e. The lowest BCUT2D eigenvalue weighted by molar-refractivity contribution is 1.15. The van der Waals surface area contributed by atoms with Gasteiger partial charge in [-0.15, -0.1) is 0 Å². The summed E-state index contributed by atoms with van der Waals surface area (Å²) in [6, 6.07) is 25.4. The molecule has 0 aliphatic heterocycles. The molecule has 0 saturated heterocycles.